The van der Waals surface area contributed by atoms with Gasteiger partial charge in [-0.2, -0.15) is 0 Å². The average Bonchev–Trinajstić information content (AvgIpc) is 2.85. The van der Waals surface area contributed by atoms with Gasteiger partial charge in [-0.3, -0.25) is 0 Å². The molecule has 1 aliphatic rings. The second-order valence-electron chi connectivity index (χ2n) is 4.65. The molecule has 1 aromatic heterocycles. The minimum absolute atomic E-state index is 0.116. The Bertz CT molecular complexity index is 342. The van der Waals surface area contributed by atoms with Gasteiger partial charge >= 0.3 is 0 Å². The minimum atomic E-state index is -0.116. The Morgan fingerprint density at radius 2 is 2.50 bits per heavy atom. The van der Waals surface area contributed by atoms with E-state index in [2.05, 4.69) is 28.7 Å². The number of hydrogen-bond acceptors (Lipinski definition) is 3. The monoisotopic (exact) mass is 223 g/mol. The van der Waals surface area contributed by atoms with Gasteiger partial charge in [0.1, 0.15) is 5.82 Å². The third-order valence-corrected chi connectivity index (χ3v) is 3.38. The number of ether oxygens (including phenoxy) is 1. The summed E-state index contributed by atoms with van der Waals surface area (Å²) in [5.41, 5.74) is -0.116. The molecule has 4 heteroatoms. The molecule has 0 bridgehead atoms. The molecule has 2 heterocycles. The highest BCUT2D eigenvalue weighted by Crippen LogP contribution is 2.36. The Morgan fingerprint density at radius 1 is 1.69 bits per heavy atom. The van der Waals surface area contributed by atoms with Crippen LogP contribution in [0.2, 0.25) is 0 Å². The molecule has 16 heavy (non-hydrogen) atoms. The van der Waals surface area contributed by atoms with Gasteiger partial charge in [-0.05, 0) is 26.3 Å². The number of rotatable bonds is 4. The van der Waals surface area contributed by atoms with Gasteiger partial charge < -0.3 is 14.6 Å². The van der Waals surface area contributed by atoms with Crippen LogP contribution in [0, 0.1) is 0 Å². The number of aryl methyl sites for hydroxylation is 1. The van der Waals surface area contributed by atoms with Crippen molar-refractivity contribution < 1.29 is 4.74 Å². The standard InChI is InChI=1S/C12H21N3O/c1-4-13-10(11-14-7-8-15(11)3)12(2)6-5-9-16-12/h7-8,10,13H,4-6,9H2,1-3H3. The zero-order valence-electron chi connectivity index (χ0n) is 10.4. The number of imidazole rings is 1. The first-order chi connectivity index (χ1) is 7.67. The summed E-state index contributed by atoms with van der Waals surface area (Å²) in [5, 5.41) is 3.50. The van der Waals surface area contributed by atoms with Crippen LogP contribution in [-0.4, -0.2) is 28.3 Å². The van der Waals surface area contributed by atoms with Gasteiger partial charge in [-0.1, -0.05) is 6.92 Å². The lowest BCUT2D eigenvalue weighted by atomic mass is 9.92. The van der Waals surface area contributed by atoms with Crippen molar-refractivity contribution in [2.45, 2.75) is 38.3 Å². The molecular formula is C12H21N3O. The summed E-state index contributed by atoms with van der Waals surface area (Å²) in [6.07, 6.45) is 6.07. The lowest BCUT2D eigenvalue weighted by Gasteiger charge is -2.33. The van der Waals surface area contributed by atoms with Gasteiger partial charge in [0.2, 0.25) is 0 Å². The summed E-state index contributed by atoms with van der Waals surface area (Å²) in [7, 11) is 2.03. The van der Waals surface area contributed by atoms with Gasteiger partial charge in [-0.25, -0.2) is 4.98 Å². The maximum atomic E-state index is 5.92. The van der Waals surface area contributed by atoms with Gasteiger partial charge in [0, 0.05) is 26.0 Å². The first kappa shape index (κ1) is 11.6. The maximum absolute atomic E-state index is 5.92. The van der Waals surface area contributed by atoms with Crippen LogP contribution >= 0.6 is 0 Å². The first-order valence-corrected chi connectivity index (χ1v) is 6.02. The van der Waals surface area contributed by atoms with E-state index in [0.29, 0.717) is 0 Å². The van der Waals surface area contributed by atoms with Crippen molar-refractivity contribution in [3.63, 3.8) is 0 Å². The highest BCUT2D eigenvalue weighted by Gasteiger charge is 2.40. The topological polar surface area (TPSA) is 39.1 Å². The largest absolute Gasteiger partial charge is 0.373 e. The predicted molar refractivity (Wildman–Crippen MR) is 63.2 cm³/mol. The fraction of sp³-hybridized carbons (Fsp3) is 0.750. The van der Waals surface area contributed by atoms with E-state index in [0.717, 1.165) is 31.8 Å². The summed E-state index contributed by atoms with van der Waals surface area (Å²) >= 11 is 0. The van der Waals surface area contributed by atoms with E-state index in [-0.39, 0.29) is 11.6 Å². The van der Waals surface area contributed by atoms with Crippen molar-refractivity contribution in [3.05, 3.63) is 18.2 Å². The van der Waals surface area contributed by atoms with E-state index in [1.165, 1.54) is 0 Å². The molecule has 0 saturated carbocycles. The molecule has 2 rings (SSSR count). The van der Waals surface area contributed by atoms with Crippen LogP contribution in [0.3, 0.4) is 0 Å². The Morgan fingerprint density at radius 3 is 3.00 bits per heavy atom. The minimum Gasteiger partial charge on any atom is -0.373 e. The van der Waals surface area contributed by atoms with E-state index < -0.39 is 0 Å². The van der Waals surface area contributed by atoms with Crippen molar-refractivity contribution in [2.24, 2.45) is 7.05 Å². The normalized spacial score (nSPS) is 27.2. The van der Waals surface area contributed by atoms with E-state index in [1.54, 1.807) is 0 Å². The molecule has 0 radical (unpaired) electrons. The number of nitrogens with one attached hydrogen (secondary N) is 1. The molecule has 0 spiro atoms. The quantitative estimate of drug-likeness (QED) is 0.843. The third-order valence-electron chi connectivity index (χ3n) is 3.38. The molecule has 0 aliphatic carbocycles. The van der Waals surface area contributed by atoms with Crippen LogP contribution < -0.4 is 5.32 Å². The van der Waals surface area contributed by atoms with E-state index in [4.69, 9.17) is 4.74 Å². The molecule has 1 aromatic rings. The number of nitrogens with zero attached hydrogens (tertiary/aromatic N) is 2. The second kappa shape index (κ2) is 4.55. The Kier molecular flexibility index (Phi) is 3.30. The highest BCUT2D eigenvalue weighted by molar-refractivity contribution is 5.07. The molecule has 1 saturated heterocycles. The Labute approximate surface area is 97.0 Å². The fourth-order valence-electron chi connectivity index (χ4n) is 2.47. The molecule has 4 nitrogen and oxygen atoms in total. The van der Waals surface area contributed by atoms with Crippen LogP contribution in [0.1, 0.15) is 38.6 Å². The predicted octanol–water partition coefficient (Wildman–Crippen LogP) is 1.64. The molecule has 1 N–H and O–H groups in total. The highest BCUT2D eigenvalue weighted by atomic mass is 16.5. The SMILES string of the molecule is CCNC(c1nccn1C)C1(C)CCCO1. The summed E-state index contributed by atoms with van der Waals surface area (Å²) in [6, 6.07) is 0.181. The van der Waals surface area contributed by atoms with Crippen molar-refractivity contribution >= 4 is 0 Å². The maximum Gasteiger partial charge on any atom is 0.128 e. The van der Waals surface area contributed by atoms with Crippen molar-refractivity contribution in [2.75, 3.05) is 13.2 Å². The smallest absolute Gasteiger partial charge is 0.128 e. The van der Waals surface area contributed by atoms with E-state index >= 15 is 0 Å². The van der Waals surface area contributed by atoms with Gasteiger partial charge in [-0.15, -0.1) is 0 Å². The van der Waals surface area contributed by atoms with Crippen LogP contribution in [0.5, 0.6) is 0 Å². The van der Waals surface area contributed by atoms with Gasteiger partial charge in [0.15, 0.2) is 0 Å². The van der Waals surface area contributed by atoms with Crippen molar-refractivity contribution in [3.8, 4) is 0 Å². The molecule has 0 amide bonds. The number of aromatic nitrogens is 2. The first-order valence-electron chi connectivity index (χ1n) is 6.02. The molecule has 1 aliphatic heterocycles. The number of likely N-dealkylation sites (N-methyl/N-ethyl adjacent to an activating group) is 1. The fourth-order valence-corrected chi connectivity index (χ4v) is 2.47. The zero-order valence-corrected chi connectivity index (χ0v) is 10.4. The summed E-state index contributed by atoms with van der Waals surface area (Å²) in [5.74, 6) is 1.06. The molecule has 1 fully saturated rings. The van der Waals surface area contributed by atoms with Gasteiger partial charge in [0.05, 0.1) is 11.6 Å². The second-order valence-corrected chi connectivity index (χ2v) is 4.65. The van der Waals surface area contributed by atoms with Gasteiger partial charge in [0.25, 0.3) is 0 Å². The van der Waals surface area contributed by atoms with Crippen LogP contribution in [0.25, 0.3) is 0 Å². The van der Waals surface area contributed by atoms with Crippen LogP contribution in [-0.2, 0) is 11.8 Å². The van der Waals surface area contributed by atoms with Crippen molar-refractivity contribution in [1.82, 2.24) is 14.9 Å². The third kappa shape index (κ3) is 1.99. The number of hydrogen-bond donors (Lipinski definition) is 1. The lowest BCUT2D eigenvalue weighted by molar-refractivity contribution is -0.0151. The Balaban J connectivity index is 2.26. The zero-order chi connectivity index (χ0) is 11.6. The lowest BCUT2D eigenvalue weighted by Crippen LogP contribution is -2.42. The van der Waals surface area contributed by atoms with Crippen LogP contribution in [0.15, 0.2) is 12.4 Å². The Hall–Kier alpha value is -0.870. The van der Waals surface area contributed by atoms with Crippen LogP contribution in [0.4, 0.5) is 0 Å². The molecule has 2 unspecified atom stereocenters. The summed E-state index contributed by atoms with van der Waals surface area (Å²) < 4.78 is 7.99. The summed E-state index contributed by atoms with van der Waals surface area (Å²) in [6.45, 7) is 6.09. The molecular weight excluding hydrogens is 202 g/mol. The van der Waals surface area contributed by atoms with E-state index in [9.17, 15) is 0 Å². The summed E-state index contributed by atoms with van der Waals surface area (Å²) in [4.78, 5) is 4.44. The molecule has 0 aromatic carbocycles. The van der Waals surface area contributed by atoms with E-state index in [1.807, 2.05) is 19.4 Å². The average molecular weight is 223 g/mol. The molecule has 2 atom stereocenters. The van der Waals surface area contributed by atoms with Crippen molar-refractivity contribution in [1.29, 1.82) is 0 Å². The molecule has 90 valence electrons.